The molecule has 0 unspecified atom stereocenters. The lowest BCUT2D eigenvalue weighted by atomic mass is 10.2. The summed E-state index contributed by atoms with van der Waals surface area (Å²) in [5.41, 5.74) is 1.34. The third-order valence-corrected chi connectivity index (χ3v) is 1.98. The lowest BCUT2D eigenvalue weighted by molar-refractivity contribution is 0.490. The second-order valence-corrected chi connectivity index (χ2v) is 3.06. The summed E-state index contributed by atoms with van der Waals surface area (Å²) in [5, 5.41) is 0.501. The molecular formula is C11H9NO2. The van der Waals surface area contributed by atoms with Crippen LogP contribution in [-0.2, 0) is 0 Å². The molecule has 0 saturated heterocycles. The second-order valence-electron chi connectivity index (χ2n) is 3.06. The van der Waals surface area contributed by atoms with Gasteiger partial charge in [-0.1, -0.05) is 12.6 Å². The number of nitrogens with zero attached hydrogens (tertiary/aromatic N) is 1. The molecule has 70 valence electrons. The van der Waals surface area contributed by atoms with Crippen molar-refractivity contribution in [2.75, 3.05) is 0 Å². The van der Waals surface area contributed by atoms with E-state index in [1.165, 1.54) is 6.08 Å². The molecule has 0 atom stereocenters. The molecule has 0 aliphatic carbocycles. The Kier molecular flexibility index (Phi) is 1.93. The first-order chi connectivity index (χ1) is 6.70. The van der Waals surface area contributed by atoms with Gasteiger partial charge in [-0.3, -0.25) is 0 Å². The Morgan fingerprint density at radius 1 is 1.50 bits per heavy atom. The molecule has 14 heavy (non-hydrogen) atoms. The Morgan fingerprint density at radius 3 is 3.00 bits per heavy atom. The summed E-state index contributed by atoms with van der Waals surface area (Å²) in [5.74, 6) is 0.258. The van der Waals surface area contributed by atoms with Crippen molar-refractivity contribution >= 4 is 17.0 Å². The predicted octanol–water partition coefficient (Wildman–Crippen LogP) is 2.14. The topological polar surface area (TPSA) is 43.1 Å². The van der Waals surface area contributed by atoms with Gasteiger partial charge >= 0.3 is 5.63 Å². The molecule has 0 spiro atoms. The Balaban J connectivity index is 2.90. The van der Waals surface area contributed by atoms with E-state index in [9.17, 15) is 4.79 Å². The highest BCUT2D eigenvalue weighted by molar-refractivity contribution is 5.78. The largest absolute Gasteiger partial charge is 0.404 e. The molecule has 2 rings (SSSR count). The maximum atomic E-state index is 11.4. The van der Waals surface area contributed by atoms with Gasteiger partial charge in [0.05, 0.1) is 10.9 Å². The first-order valence-electron chi connectivity index (χ1n) is 4.24. The van der Waals surface area contributed by atoms with Crippen molar-refractivity contribution in [2.24, 2.45) is 0 Å². The molecule has 0 bridgehead atoms. The molecule has 0 N–H and O–H groups in total. The molecular weight excluding hydrogens is 178 g/mol. The van der Waals surface area contributed by atoms with Crippen LogP contribution >= 0.6 is 0 Å². The maximum absolute atomic E-state index is 11.4. The van der Waals surface area contributed by atoms with Gasteiger partial charge in [-0.15, -0.1) is 0 Å². The highest BCUT2D eigenvalue weighted by Gasteiger charge is 2.03. The van der Waals surface area contributed by atoms with Gasteiger partial charge in [0.1, 0.15) is 0 Å². The number of rotatable bonds is 1. The van der Waals surface area contributed by atoms with E-state index in [1.54, 1.807) is 6.07 Å². The van der Waals surface area contributed by atoms with Crippen LogP contribution in [0.2, 0.25) is 0 Å². The van der Waals surface area contributed by atoms with Crippen LogP contribution in [-0.4, -0.2) is 4.98 Å². The van der Waals surface area contributed by atoms with E-state index in [0.29, 0.717) is 10.9 Å². The van der Waals surface area contributed by atoms with Crippen molar-refractivity contribution in [1.82, 2.24) is 4.98 Å². The highest BCUT2D eigenvalue weighted by Crippen LogP contribution is 2.10. The van der Waals surface area contributed by atoms with Crippen molar-refractivity contribution in [3.63, 3.8) is 0 Å². The number of hydrogen-bond acceptors (Lipinski definition) is 3. The molecule has 3 heteroatoms. The average Bonchev–Trinajstić information content (AvgIpc) is 2.16. The number of benzene rings is 1. The Morgan fingerprint density at radius 2 is 2.29 bits per heavy atom. The van der Waals surface area contributed by atoms with E-state index in [-0.39, 0.29) is 11.5 Å². The highest BCUT2D eigenvalue weighted by atomic mass is 16.4. The summed E-state index contributed by atoms with van der Waals surface area (Å²) in [7, 11) is 0. The van der Waals surface area contributed by atoms with E-state index in [2.05, 4.69) is 11.6 Å². The quantitative estimate of drug-likeness (QED) is 0.686. The molecule has 0 aliphatic heterocycles. The van der Waals surface area contributed by atoms with Crippen molar-refractivity contribution in [1.29, 1.82) is 0 Å². The fourth-order valence-electron chi connectivity index (χ4n) is 1.29. The molecule has 0 amide bonds. The summed E-state index contributed by atoms with van der Waals surface area (Å²) >= 11 is 0. The Hall–Kier alpha value is -1.90. The van der Waals surface area contributed by atoms with Gasteiger partial charge in [-0.2, -0.15) is 0 Å². The van der Waals surface area contributed by atoms with Crippen LogP contribution in [0.15, 0.2) is 34.0 Å². The predicted molar refractivity (Wildman–Crippen MR) is 55.1 cm³/mol. The molecule has 0 aliphatic rings. The zero-order valence-electron chi connectivity index (χ0n) is 7.78. The normalized spacial score (nSPS) is 10.4. The van der Waals surface area contributed by atoms with Crippen LogP contribution in [0, 0.1) is 6.92 Å². The van der Waals surface area contributed by atoms with Gasteiger partial charge in [0.2, 0.25) is 5.89 Å². The van der Waals surface area contributed by atoms with Crippen LogP contribution < -0.4 is 5.63 Å². The summed E-state index contributed by atoms with van der Waals surface area (Å²) < 4.78 is 4.89. The summed E-state index contributed by atoms with van der Waals surface area (Å²) in [4.78, 5) is 15.5. The SMILES string of the molecule is C=Cc1nc2cc(C)ccc2c(=O)o1. The van der Waals surface area contributed by atoms with Gasteiger partial charge < -0.3 is 4.42 Å². The first kappa shape index (κ1) is 8.69. The number of hydrogen-bond donors (Lipinski definition) is 0. The second kappa shape index (κ2) is 3.10. The number of aromatic nitrogens is 1. The lowest BCUT2D eigenvalue weighted by Gasteiger charge is -1.98. The monoisotopic (exact) mass is 187 g/mol. The fourth-order valence-corrected chi connectivity index (χ4v) is 1.29. The van der Waals surface area contributed by atoms with E-state index in [4.69, 9.17) is 4.42 Å². The molecule has 0 fully saturated rings. The molecule has 1 aromatic heterocycles. The molecule has 1 aromatic carbocycles. The van der Waals surface area contributed by atoms with E-state index >= 15 is 0 Å². The third-order valence-electron chi connectivity index (χ3n) is 1.98. The van der Waals surface area contributed by atoms with Gasteiger partial charge in [0, 0.05) is 0 Å². The minimum atomic E-state index is -0.370. The van der Waals surface area contributed by atoms with Crippen LogP contribution in [0.3, 0.4) is 0 Å². The first-order valence-corrected chi connectivity index (χ1v) is 4.24. The minimum Gasteiger partial charge on any atom is -0.404 e. The zero-order valence-corrected chi connectivity index (χ0v) is 7.78. The third kappa shape index (κ3) is 1.33. The molecule has 3 nitrogen and oxygen atoms in total. The summed E-state index contributed by atoms with van der Waals surface area (Å²) in [6, 6.07) is 5.42. The van der Waals surface area contributed by atoms with E-state index in [0.717, 1.165) is 5.56 Å². The van der Waals surface area contributed by atoms with Crippen LogP contribution in [0.25, 0.3) is 17.0 Å². The van der Waals surface area contributed by atoms with Crippen LogP contribution in [0.5, 0.6) is 0 Å². The number of aryl methyl sites for hydroxylation is 1. The van der Waals surface area contributed by atoms with E-state index < -0.39 is 0 Å². The van der Waals surface area contributed by atoms with Crippen LogP contribution in [0.4, 0.5) is 0 Å². The lowest BCUT2D eigenvalue weighted by Crippen LogP contribution is -2.02. The maximum Gasteiger partial charge on any atom is 0.347 e. The van der Waals surface area contributed by atoms with Gasteiger partial charge in [-0.05, 0) is 30.7 Å². The van der Waals surface area contributed by atoms with Crippen molar-refractivity contribution < 1.29 is 4.42 Å². The van der Waals surface area contributed by atoms with Crippen LogP contribution in [0.1, 0.15) is 11.5 Å². The molecule has 0 saturated carbocycles. The van der Waals surface area contributed by atoms with Gasteiger partial charge in [-0.25, -0.2) is 9.78 Å². The van der Waals surface area contributed by atoms with Crippen molar-refractivity contribution in [2.45, 2.75) is 6.92 Å². The summed E-state index contributed by atoms with van der Waals surface area (Å²) in [6.07, 6.45) is 1.42. The van der Waals surface area contributed by atoms with Gasteiger partial charge in [0.25, 0.3) is 0 Å². The summed E-state index contributed by atoms with van der Waals surface area (Å²) in [6.45, 7) is 5.45. The number of fused-ring (bicyclic) bond motifs is 1. The van der Waals surface area contributed by atoms with Gasteiger partial charge in [0.15, 0.2) is 0 Å². The molecule has 2 aromatic rings. The smallest absolute Gasteiger partial charge is 0.347 e. The molecule has 0 radical (unpaired) electrons. The van der Waals surface area contributed by atoms with E-state index in [1.807, 2.05) is 19.1 Å². The molecule has 1 heterocycles. The fraction of sp³-hybridized carbons (Fsp3) is 0.0909. The van der Waals surface area contributed by atoms with Crippen molar-refractivity contribution in [3.8, 4) is 0 Å². The minimum absolute atomic E-state index is 0.258. The van der Waals surface area contributed by atoms with Crippen molar-refractivity contribution in [3.05, 3.63) is 46.7 Å². The average molecular weight is 187 g/mol. The standard InChI is InChI=1S/C11H9NO2/c1-3-10-12-9-6-7(2)4-5-8(9)11(13)14-10/h3-6H,1H2,2H3. The zero-order chi connectivity index (χ0) is 10.1. The Bertz CT molecular complexity index is 555. The Labute approximate surface area is 80.7 Å².